The van der Waals surface area contributed by atoms with Crippen molar-refractivity contribution in [2.24, 2.45) is 11.8 Å². The molecule has 6 nitrogen and oxygen atoms in total. The number of carbonyl (C=O) groups is 2. The van der Waals surface area contributed by atoms with E-state index >= 15 is 0 Å². The van der Waals surface area contributed by atoms with Crippen molar-refractivity contribution in [1.29, 1.82) is 0 Å². The third-order valence-electron chi connectivity index (χ3n) is 8.74. The lowest BCUT2D eigenvalue weighted by Crippen LogP contribution is -2.55. The summed E-state index contributed by atoms with van der Waals surface area (Å²) in [5, 5.41) is 9.67. The molecule has 4 atom stereocenters. The Morgan fingerprint density at radius 1 is 1.05 bits per heavy atom. The zero-order valence-electron chi connectivity index (χ0n) is 24.5. The molecular weight excluding hydrogens is 550 g/mol. The first-order valence-electron chi connectivity index (χ1n) is 14.7. The van der Waals surface area contributed by atoms with E-state index in [1.54, 1.807) is 37.3 Å². The first-order chi connectivity index (χ1) is 19.9. The molecule has 2 aromatic rings. The maximum atomic E-state index is 14.9. The number of hydrogen-bond donors (Lipinski definition) is 1. The Bertz CT molecular complexity index is 1250. The Hall–Kier alpha value is -2.82. The number of rotatable bonds is 10. The van der Waals surface area contributed by atoms with Crippen LogP contribution < -0.4 is 0 Å². The highest BCUT2D eigenvalue weighted by molar-refractivity contribution is 5.99. The van der Waals surface area contributed by atoms with Gasteiger partial charge in [-0.05, 0) is 88.6 Å². The number of aliphatic hydroxyl groups excluding tert-OH is 1. The summed E-state index contributed by atoms with van der Waals surface area (Å²) < 4.78 is 56.9. The van der Waals surface area contributed by atoms with Gasteiger partial charge in [0, 0.05) is 37.0 Å². The van der Waals surface area contributed by atoms with Gasteiger partial charge in [-0.25, -0.2) is 4.39 Å². The molecule has 230 valence electrons. The average molecular weight is 592 g/mol. The topological polar surface area (TPSA) is 64.1 Å². The van der Waals surface area contributed by atoms with Gasteiger partial charge in [-0.2, -0.15) is 13.2 Å². The lowest BCUT2D eigenvalue weighted by atomic mass is 9.69. The van der Waals surface area contributed by atoms with Gasteiger partial charge in [-0.1, -0.05) is 30.3 Å². The van der Waals surface area contributed by atoms with Crippen molar-refractivity contribution in [3.05, 3.63) is 70.5 Å². The Morgan fingerprint density at radius 3 is 2.45 bits per heavy atom. The molecule has 3 unspecified atom stereocenters. The van der Waals surface area contributed by atoms with Crippen molar-refractivity contribution in [3.8, 4) is 0 Å². The standard InChI is InChI=1S/C32H41F4N3O3/c1-21-24(11-7-12-27(21)33)29-25(30(41)23-10-6-9-22(17-23)20-40)18-38(15-5-4-14-37(2)3)19-26(29)31(42)39-16-8-13-28(39)32(34,35)36/h6-7,9-12,17,25-26,28-29,40H,4-5,8,13-16,18-20H2,1-3H3/t25?,26?,28-,29?/m0/s1. The summed E-state index contributed by atoms with van der Waals surface area (Å²) in [7, 11) is 3.95. The van der Waals surface area contributed by atoms with E-state index in [1.165, 1.54) is 12.1 Å². The number of benzene rings is 2. The second-order valence-electron chi connectivity index (χ2n) is 11.9. The van der Waals surface area contributed by atoms with Crippen molar-refractivity contribution in [2.45, 2.75) is 57.3 Å². The fraction of sp³-hybridized carbons (Fsp3) is 0.562. The molecule has 4 rings (SSSR count). The van der Waals surface area contributed by atoms with Gasteiger partial charge in [-0.3, -0.25) is 9.59 Å². The predicted molar refractivity (Wildman–Crippen MR) is 153 cm³/mol. The largest absolute Gasteiger partial charge is 0.408 e. The van der Waals surface area contributed by atoms with Gasteiger partial charge < -0.3 is 19.8 Å². The molecular formula is C32H41F4N3O3. The number of piperidine rings is 1. The van der Waals surface area contributed by atoms with Crippen LogP contribution >= 0.6 is 0 Å². The maximum Gasteiger partial charge on any atom is 0.408 e. The quantitative estimate of drug-likeness (QED) is 0.239. The van der Waals surface area contributed by atoms with Crippen LogP contribution in [-0.2, 0) is 11.4 Å². The lowest BCUT2D eigenvalue weighted by molar-refractivity contribution is -0.185. The van der Waals surface area contributed by atoms with Gasteiger partial charge in [0.2, 0.25) is 5.91 Å². The summed E-state index contributed by atoms with van der Waals surface area (Å²) in [5.41, 5.74) is 1.66. The molecule has 2 aliphatic rings. The maximum absolute atomic E-state index is 14.9. The van der Waals surface area contributed by atoms with Gasteiger partial charge >= 0.3 is 6.18 Å². The fourth-order valence-electron chi connectivity index (χ4n) is 6.60. The number of carbonyl (C=O) groups excluding carboxylic acids is 2. The van der Waals surface area contributed by atoms with Crippen LogP contribution in [0.1, 0.15) is 58.6 Å². The molecule has 0 aliphatic carbocycles. The van der Waals surface area contributed by atoms with E-state index in [1.807, 2.05) is 19.0 Å². The summed E-state index contributed by atoms with van der Waals surface area (Å²) in [6.45, 7) is 3.23. The molecule has 1 N–H and O–H groups in total. The SMILES string of the molecule is Cc1c(F)cccc1C1C(C(=O)c2cccc(CO)c2)CN(CCCCN(C)C)CC1C(=O)N1CCC[C@H]1C(F)(F)F. The van der Waals surface area contributed by atoms with E-state index in [-0.39, 0.29) is 50.4 Å². The summed E-state index contributed by atoms with van der Waals surface area (Å²) in [6.07, 6.45) is -2.80. The molecule has 0 radical (unpaired) electrons. The number of hydrogen-bond acceptors (Lipinski definition) is 5. The van der Waals surface area contributed by atoms with Crippen molar-refractivity contribution in [1.82, 2.24) is 14.7 Å². The third-order valence-corrected chi connectivity index (χ3v) is 8.74. The molecule has 0 bridgehead atoms. The molecule has 0 spiro atoms. The van der Waals surface area contributed by atoms with Crippen LogP contribution in [0.5, 0.6) is 0 Å². The molecule has 10 heteroatoms. The van der Waals surface area contributed by atoms with Crippen LogP contribution in [0.25, 0.3) is 0 Å². The van der Waals surface area contributed by atoms with Crippen LogP contribution in [0.2, 0.25) is 0 Å². The Morgan fingerprint density at radius 2 is 1.76 bits per heavy atom. The van der Waals surface area contributed by atoms with Gasteiger partial charge in [0.15, 0.2) is 5.78 Å². The summed E-state index contributed by atoms with van der Waals surface area (Å²) in [4.78, 5) is 33.4. The van der Waals surface area contributed by atoms with Gasteiger partial charge in [0.25, 0.3) is 0 Å². The Labute approximate surface area is 245 Å². The number of alkyl halides is 3. The van der Waals surface area contributed by atoms with Crippen molar-refractivity contribution in [2.75, 3.05) is 46.8 Å². The van der Waals surface area contributed by atoms with E-state index in [0.29, 0.717) is 23.2 Å². The number of halogens is 4. The fourth-order valence-corrected chi connectivity index (χ4v) is 6.60. The summed E-state index contributed by atoms with van der Waals surface area (Å²) in [5.74, 6) is -3.99. The highest BCUT2D eigenvalue weighted by Crippen LogP contribution is 2.44. The van der Waals surface area contributed by atoms with Crippen LogP contribution in [0, 0.1) is 24.6 Å². The smallest absolute Gasteiger partial charge is 0.392 e. The average Bonchev–Trinajstić information content (AvgIpc) is 3.47. The Balaban J connectivity index is 1.78. The van der Waals surface area contributed by atoms with Gasteiger partial charge in [0.05, 0.1) is 12.5 Å². The molecule has 2 heterocycles. The van der Waals surface area contributed by atoms with E-state index < -0.39 is 41.7 Å². The molecule has 2 fully saturated rings. The van der Waals surface area contributed by atoms with Crippen LogP contribution in [0.4, 0.5) is 17.6 Å². The predicted octanol–water partition coefficient (Wildman–Crippen LogP) is 5.04. The van der Waals surface area contributed by atoms with E-state index in [0.717, 1.165) is 24.3 Å². The van der Waals surface area contributed by atoms with Gasteiger partial charge in [0.1, 0.15) is 11.9 Å². The van der Waals surface area contributed by atoms with Crippen LogP contribution in [0.15, 0.2) is 42.5 Å². The van der Waals surface area contributed by atoms with E-state index in [2.05, 4.69) is 4.90 Å². The first-order valence-corrected chi connectivity index (χ1v) is 14.7. The molecule has 0 aromatic heterocycles. The zero-order chi connectivity index (χ0) is 30.6. The highest BCUT2D eigenvalue weighted by atomic mass is 19.4. The molecule has 2 aromatic carbocycles. The minimum Gasteiger partial charge on any atom is -0.392 e. The zero-order valence-corrected chi connectivity index (χ0v) is 24.5. The van der Waals surface area contributed by atoms with Crippen LogP contribution in [-0.4, -0.2) is 90.5 Å². The normalized spacial score (nSPS) is 23.5. The monoisotopic (exact) mass is 591 g/mol. The highest BCUT2D eigenvalue weighted by Gasteiger charge is 2.52. The minimum atomic E-state index is -4.56. The number of aliphatic hydroxyl groups is 1. The summed E-state index contributed by atoms with van der Waals surface area (Å²) in [6, 6.07) is 9.25. The number of Topliss-reactive ketones (excluding diaryl/α,β-unsaturated/α-hetero) is 1. The number of nitrogens with zero attached hydrogens (tertiary/aromatic N) is 3. The molecule has 2 aliphatic heterocycles. The number of unbranched alkanes of at least 4 members (excludes halogenated alkanes) is 1. The number of amides is 1. The molecule has 1 amide bonds. The summed E-state index contributed by atoms with van der Waals surface area (Å²) >= 11 is 0. The lowest BCUT2D eigenvalue weighted by Gasteiger charge is -2.45. The second kappa shape index (κ2) is 13.7. The number of likely N-dealkylation sites (tertiary alicyclic amines) is 2. The number of ketones is 1. The van der Waals surface area contributed by atoms with Crippen molar-refractivity contribution >= 4 is 11.7 Å². The van der Waals surface area contributed by atoms with Crippen molar-refractivity contribution < 1.29 is 32.3 Å². The molecule has 2 saturated heterocycles. The third kappa shape index (κ3) is 7.21. The van der Waals surface area contributed by atoms with Gasteiger partial charge in [-0.15, -0.1) is 0 Å². The van der Waals surface area contributed by atoms with Crippen molar-refractivity contribution in [3.63, 3.8) is 0 Å². The molecule has 0 saturated carbocycles. The minimum absolute atomic E-state index is 0.00560. The molecule has 42 heavy (non-hydrogen) atoms. The Kier molecular flexibility index (Phi) is 10.4. The van der Waals surface area contributed by atoms with E-state index in [9.17, 15) is 32.3 Å². The second-order valence-corrected chi connectivity index (χ2v) is 11.9. The first kappa shape index (κ1) is 32.1. The van der Waals surface area contributed by atoms with Crippen LogP contribution in [0.3, 0.4) is 0 Å². The van der Waals surface area contributed by atoms with E-state index in [4.69, 9.17) is 0 Å².